The van der Waals surface area contributed by atoms with Crippen molar-refractivity contribution in [2.24, 2.45) is 0 Å². The van der Waals surface area contributed by atoms with Crippen molar-refractivity contribution >= 4 is 17.5 Å². The van der Waals surface area contributed by atoms with E-state index >= 15 is 0 Å². The van der Waals surface area contributed by atoms with Crippen molar-refractivity contribution in [2.75, 3.05) is 7.05 Å². The highest BCUT2D eigenvalue weighted by Crippen LogP contribution is 2.26. The number of benzene rings is 1. The molecule has 0 saturated carbocycles. The number of phenolic OH excluding ortho intramolecular Hbond substituents is 1. The van der Waals surface area contributed by atoms with Crippen LogP contribution in [0.4, 0.5) is 0 Å². The second kappa shape index (κ2) is 3.45. The van der Waals surface area contributed by atoms with E-state index in [1.165, 1.54) is 13.1 Å². The molecular weight excluding hydrogens is 178 g/mol. The van der Waals surface area contributed by atoms with Gasteiger partial charge in [0.05, 0.1) is 10.6 Å². The summed E-state index contributed by atoms with van der Waals surface area (Å²) in [4.78, 5) is 11.1. The van der Waals surface area contributed by atoms with Gasteiger partial charge in [-0.25, -0.2) is 0 Å². The topological polar surface area (TPSA) is 49.3 Å². The van der Waals surface area contributed by atoms with E-state index in [1.807, 2.05) is 0 Å². The summed E-state index contributed by atoms with van der Waals surface area (Å²) in [5.41, 5.74) is 0.277. The minimum Gasteiger partial charge on any atom is -0.506 e. The zero-order valence-electron chi connectivity index (χ0n) is 6.47. The van der Waals surface area contributed by atoms with Crippen LogP contribution in [0.25, 0.3) is 0 Å². The molecule has 0 bridgehead atoms. The summed E-state index contributed by atoms with van der Waals surface area (Å²) in [6.07, 6.45) is 0. The molecule has 0 radical (unpaired) electrons. The smallest absolute Gasteiger partial charge is 0.252 e. The molecule has 3 nitrogen and oxygen atoms in total. The number of carbonyl (C=O) groups excluding carboxylic acids is 1. The second-order valence-electron chi connectivity index (χ2n) is 2.22. The largest absolute Gasteiger partial charge is 0.506 e. The first-order valence-electron chi connectivity index (χ1n) is 3.36. The highest BCUT2D eigenvalue weighted by Gasteiger charge is 2.10. The van der Waals surface area contributed by atoms with Crippen LogP contribution in [0.15, 0.2) is 18.2 Å². The molecule has 0 unspecified atom stereocenters. The lowest BCUT2D eigenvalue weighted by Gasteiger charge is -2.02. The van der Waals surface area contributed by atoms with Crippen LogP contribution in [-0.4, -0.2) is 18.1 Å². The van der Waals surface area contributed by atoms with Gasteiger partial charge in [-0.3, -0.25) is 4.79 Å². The summed E-state index contributed by atoms with van der Waals surface area (Å²) in [5, 5.41) is 11.6. The van der Waals surface area contributed by atoms with Gasteiger partial charge in [-0.05, 0) is 12.1 Å². The molecule has 4 heteroatoms. The van der Waals surface area contributed by atoms with Gasteiger partial charge in [0, 0.05) is 7.05 Å². The SMILES string of the molecule is CNC(=O)c1cccc(O)c1Cl. The van der Waals surface area contributed by atoms with Gasteiger partial charge in [-0.15, -0.1) is 0 Å². The van der Waals surface area contributed by atoms with Crippen LogP contribution in [0.2, 0.25) is 5.02 Å². The summed E-state index contributed by atoms with van der Waals surface area (Å²) in [6, 6.07) is 4.53. The van der Waals surface area contributed by atoms with Crippen LogP contribution in [0.1, 0.15) is 10.4 Å². The van der Waals surface area contributed by atoms with Gasteiger partial charge in [0.15, 0.2) is 0 Å². The normalized spacial score (nSPS) is 9.50. The van der Waals surface area contributed by atoms with Crippen molar-refractivity contribution in [3.63, 3.8) is 0 Å². The van der Waals surface area contributed by atoms with Gasteiger partial charge >= 0.3 is 0 Å². The van der Waals surface area contributed by atoms with Crippen LogP contribution in [0.5, 0.6) is 5.75 Å². The Balaban J connectivity index is 3.16. The molecule has 12 heavy (non-hydrogen) atoms. The zero-order valence-corrected chi connectivity index (χ0v) is 7.22. The van der Waals surface area contributed by atoms with Crippen molar-refractivity contribution in [3.05, 3.63) is 28.8 Å². The molecule has 0 aliphatic heterocycles. The number of amides is 1. The number of halogens is 1. The summed E-state index contributed by atoms with van der Waals surface area (Å²) in [7, 11) is 1.50. The second-order valence-corrected chi connectivity index (χ2v) is 2.60. The molecule has 0 heterocycles. The predicted octanol–water partition coefficient (Wildman–Crippen LogP) is 1.41. The van der Waals surface area contributed by atoms with Crippen LogP contribution >= 0.6 is 11.6 Å². The van der Waals surface area contributed by atoms with Crippen LogP contribution in [0, 0.1) is 0 Å². The standard InChI is InChI=1S/C8H8ClNO2/c1-10-8(12)5-3-2-4-6(11)7(5)9/h2-4,11H,1H3,(H,10,12). The highest BCUT2D eigenvalue weighted by molar-refractivity contribution is 6.35. The number of rotatable bonds is 1. The first kappa shape index (κ1) is 8.87. The van der Waals surface area contributed by atoms with E-state index in [0.29, 0.717) is 0 Å². The molecule has 0 saturated heterocycles. The molecule has 1 rings (SSSR count). The zero-order chi connectivity index (χ0) is 9.14. The Labute approximate surface area is 75.0 Å². The van der Waals surface area contributed by atoms with E-state index < -0.39 is 0 Å². The number of hydrogen-bond donors (Lipinski definition) is 2. The summed E-state index contributed by atoms with van der Waals surface area (Å²) in [6.45, 7) is 0. The molecule has 0 spiro atoms. The number of aromatic hydroxyl groups is 1. The van der Waals surface area contributed by atoms with Crippen LogP contribution in [-0.2, 0) is 0 Å². The molecule has 0 atom stereocenters. The summed E-state index contributed by atoms with van der Waals surface area (Å²) >= 11 is 5.66. The lowest BCUT2D eigenvalue weighted by atomic mass is 10.2. The van der Waals surface area contributed by atoms with Gasteiger partial charge in [0.2, 0.25) is 0 Å². The number of nitrogens with one attached hydrogen (secondary N) is 1. The van der Waals surface area contributed by atoms with Gasteiger partial charge in [0.25, 0.3) is 5.91 Å². The Bertz CT molecular complexity index is 312. The Morgan fingerprint density at radius 3 is 2.83 bits per heavy atom. The fraction of sp³-hybridized carbons (Fsp3) is 0.125. The molecule has 1 aromatic rings. The minimum absolute atomic E-state index is 0.0804. The van der Waals surface area contributed by atoms with E-state index in [9.17, 15) is 4.79 Å². The molecule has 0 aliphatic rings. The molecule has 0 aliphatic carbocycles. The third-order valence-electron chi connectivity index (χ3n) is 1.45. The van der Waals surface area contributed by atoms with E-state index in [2.05, 4.69) is 5.32 Å². The van der Waals surface area contributed by atoms with Crippen molar-refractivity contribution in [3.8, 4) is 5.75 Å². The van der Waals surface area contributed by atoms with Crippen molar-refractivity contribution in [1.29, 1.82) is 0 Å². The number of phenols is 1. The van der Waals surface area contributed by atoms with E-state index in [0.717, 1.165) is 0 Å². The van der Waals surface area contributed by atoms with Gasteiger partial charge in [-0.2, -0.15) is 0 Å². The van der Waals surface area contributed by atoms with E-state index in [4.69, 9.17) is 16.7 Å². The maximum atomic E-state index is 11.1. The average Bonchev–Trinajstić information content (AvgIpc) is 2.08. The fourth-order valence-corrected chi connectivity index (χ4v) is 1.04. The molecule has 0 aromatic heterocycles. The Morgan fingerprint density at radius 2 is 2.25 bits per heavy atom. The molecule has 2 N–H and O–H groups in total. The highest BCUT2D eigenvalue weighted by atomic mass is 35.5. The molecular formula is C8H8ClNO2. The van der Waals surface area contributed by atoms with Gasteiger partial charge in [0.1, 0.15) is 5.75 Å². The van der Waals surface area contributed by atoms with Crippen molar-refractivity contribution < 1.29 is 9.90 Å². The monoisotopic (exact) mass is 185 g/mol. The van der Waals surface area contributed by atoms with Crippen molar-refractivity contribution in [1.82, 2.24) is 5.32 Å². The molecule has 1 aromatic carbocycles. The third-order valence-corrected chi connectivity index (χ3v) is 1.85. The lowest BCUT2D eigenvalue weighted by molar-refractivity contribution is 0.0963. The van der Waals surface area contributed by atoms with E-state index in [1.54, 1.807) is 12.1 Å². The van der Waals surface area contributed by atoms with Gasteiger partial charge in [-0.1, -0.05) is 17.7 Å². The minimum atomic E-state index is -0.309. The Morgan fingerprint density at radius 1 is 1.58 bits per heavy atom. The molecule has 64 valence electrons. The Hall–Kier alpha value is -1.22. The summed E-state index contributed by atoms with van der Waals surface area (Å²) < 4.78 is 0. The number of carbonyl (C=O) groups is 1. The van der Waals surface area contributed by atoms with Gasteiger partial charge < -0.3 is 10.4 Å². The number of hydrogen-bond acceptors (Lipinski definition) is 2. The molecule has 1 amide bonds. The quantitative estimate of drug-likeness (QED) is 0.695. The lowest BCUT2D eigenvalue weighted by Crippen LogP contribution is -2.17. The Kier molecular flexibility index (Phi) is 2.55. The maximum absolute atomic E-state index is 11.1. The fourth-order valence-electron chi connectivity index (χ4n) is 0.830. The first-order chi connectivity index (χ1) is 5.66. The third kappa shape index (κ3) is 1.51. The molecule has 0 fully saturated rings. The van der Waals surface area contributed by atoms with Crippen LogP contribution < -0.4 is 5.32 Å². The summed E-state index contributed by atoms with van der Waals surface area (Å²) in [5.74, 6) is -0.395. The maximum Gasteiger partial charge on any atom is 0.252 e. The average molecular weight is 186 g/mol. The van der Waals surface area contributed by atoms with E-state index in [-0.39, 0.29) is 22.2 Å². The first-order valence-corrected chi connectivity index (χ1v) is 3.74. The van der Waals surface area contributed by atoms with Crippen LogP contribution in [0.3, 0.4) is 0 Å². The van der Waals surface area contributed by atoms with Crippen molar-refractivity contribution in [2.45, 2.75) is 0 Å². The predicted molar refractivity (Wildman–Crippen MR) is 46.5 cm³/mol.